The van der Waals surface area contributed by atoms with Crippen molar-refractivity contribution < 1.29 is 17.9 Å². The van der Waals surface area contributed by atoms with E-state index >= 15 is 0 Å². The first-order chi connectivity index (χ1) is 14.7. The zero-order valence-electron chi connectivity index (χ0n) is 18.0. The molecule has 1 amide bonds. The van der Waals surface area contributed by atoms with E-state index in [1.807, 2.05) is 38.1 Å². The number of rotatable bonds is 7. The van der Waals surface area contributed by atoms with Gasteiger partial charge in [0.15, 0.2) is 0 Å². The molecule has 0 heterocycles. The maximum absolute atomic E-state index is 13.1. The van der Waals surface area contributed by atoms with Gasteiger partial charge in [-0.2, -0.15) is 0 Å². The van der Waals surface area contributed by atoms with Crippen LogP contribution in [-0.4, -0.2) is 28.5 Å². The predicted octanol–water partition coefficient (Wildman–Crippen LogP) is 4.07. The van der Waals surface area contributed by atoms with Crippen molar-refractivity contribution in [3.8, 4) is 5.75 Å². The molecule has 0 unspecified atom stereocenters. The molecular weight excluding hydrogens is 412 g/mol. The predicted molar refractivity (Wildman–Crippen MR) is 122 cm³/mol. The molecule has 0 saturated heterocycles. The van der Waals surface area contributed by atoms with Crippen molar-refractivity contribution in [2.75, 3.05) is 18.5 Å². The van der Waals surface area contributed by atoms with Crippen LogP contribution in [0, 0.1) is 13.8 Å². The minimum Gasteiger partial charge on any atom is -0.497 e. The number of benzene rings is 3. The lowest BCUT2D eigenvalue weighted by molar-refractivity contribution is 0.0951. The maximum Gasteiger partial charge on any atom is 0.264 e. The van der Waals surface area contributed by atoms with E-state index in [0.717, 1.165) is 16.7 Å². The number of carbonyl (C=O) groups excluding carboxylic acids is 1. The van der Waals surface area contributed by atoms with E-state index < -0.39 is 10.0 Å². The van der Waals surface area contributed by atoms with Crippen LogP contribution < -0.4 is 14.4 Å². The molecule has 0 aliphatic rings. The molecule has 6 nitrogen and oxygen atoms in total. The number of ether oxygens (including phenoxy) is 1. The summed E-state index contributed by atoms with van der Waals surface area (Å²) in [4.78, 5) is 12.9. The Balaban J connectivity index is 1.83. The molecule has 0 bridgehead atoms. The fourth-order valence-corrected chi connectivity index (χ4v) is 4.46. The molecule has 162 valence electrons. The average Bonchev–Trinajstić information content (AvgIpc) is 2.78. The third-order valence-corrected chi connectivity index (χ3v) is 7.01. The zero-order valence-corrected chi connectivity index (χ0v) is 18.9. The highest BCUT2D eigenvalue weighted by Crippen LogP contribution is 2.27. The van der Waals surface area contributed by atoms with Gasteiger partial charge in [0.25, 0.3) is 15.9 Å². The quantitative estimate of drug-likeness (QED) is 0.603. The van der Waals surface area contributed by atoms with Gasteiger partial charge in [0.1, 0.15) is 5.75 Å². The monoisotopic (exact) mass is 438 g/mol. The van der Waals surface area contributed by atoms with Crippen molar-refractivity contribution in [3.05, 3.63) is 89.0 Å². The van der Waals surface area contributed by atoms with Crippen LogP contribution in [0.5, 0.6) is 5.75 Å². The molecule has 0 aliphatic carbocycles. The standard InChI is InChI=1S/C24H26N2O4S/c1-17-7-5-6-8-20(17)16-25-24(27)19-10-9-18(2)23(15-19)26(3)31(28,29)22-13-11-21(30-4)12-14-22/h5-15H,16H2,1-4H3,(H,25,27). The number of amides is 1. The lowest BCUT2D eigenvalue weighted by Gasteiger charge is -2.22. The molecule has 1 N–H and O–H groups in total. The van der Waals surface area contributed by atoms with E-state index in [1.54, 1.807) is 30.3 Å². The first-order valence-electron chi connectivity index (χ1n) is 9.80. The molecule has 3 rings (SSSR count). The van der Waals surface area contributed by atoms with E-state index in [1.165, 1.54) is 30.6 Å². The molecular formula is C24H26N2O4S. The van der Waals surface area contributed by atoms with Crippen LogP contribution in [0.1, 0.15) is 27.0 Å². The van der Waals surface area contributed by atoms with Crippen molar-refractivity contribution in [2.45, 2.75) is 25.3 Å². The smallest absolute Gasteiger partial charge is 0.264 e. The van der Waals surface area contributed by atoms with Gasteiger partial charge in [-0.05, 0) is 66.9 Å². The Hall–Kier alpha value is -3.32. The third-order valence-electron chi connectivity index (χ3n) is 5.23. The molecule has 3 aromatic rings. The van der Waals surface area contributed by atoms with Crippen LogP contribution in [-0.2, 0) is 16.6 Å². The Morgan fingerprint density at radius 2 is 1.65 bits per heavy atom. The summed E-state index contributed by atoms with van der Waals surface area (Å²) in [6.45, 7) is 4.20. The third kappa shape index (κ3) is 4.88. The Bertz CT molecular complexity index is 1190. The first kappa shape index (κ1) is 22.4. The summed E-state index contributed by atoms with van der Waals surface area (Å²) in [5, 5.41) is 2.90. The lowest BCUT2D eigenvalue weighted by atomic mass is 10.1. The largest absolute Gasteiger partial charge is 0.497 e. The Morgan fingerprint density at radius 3 is 2.29 bits per heavy atom. The SMILES string of the molecule is COc1ccc(S(=O)(=O)N(C)c2cc(C(=O)NCc3ccccc3C)ccc2C)cc1. The summed E-state index contributed by atoms with van der Waals surface area (Å²) >= 11 is 0. The van der Waals surface area contributed by atoms with Gasteiger partial charge in [-0.1, -0.05) is 30.3 Å². The highest BCUT2D eigenvalue weighted by Gasteiger charge is 2.23. The van der Waals surface area contributed by atoms with Crippen molar-refractivity contribution in [1.82, 2.24) is 5.32 Å². The Labute approximate surface area is 183 Å². The molecule has 0 aromatic heterocycles. The molecule has 0 radical (unpaired) electrons. The van der Waals surface area contributed by atoms with Gasteiger partial charge < -0.3 is 10.1 Å². The summed E-state index contributed by atoms with van der Waals surface area (Å²) in [6.07, 6.45) is 0. The van der Waals surface area contributed by atoms with Crippen LogP contribution >= 0.6 is 0 Å². The van der Waals surface area contributed by atoms with E-state index in [-0.39, 0.29) is 10.8 Å². The van der Waals surface area contributed by atoms with Gasteiger partial charge in [-0.25, -0.2) is 8.42 Å². The van der Waals surface area contributed by atoms with Gasteiger partial charge >= 0.3 is 0 Å². The zero-order chi connectivity index (χ0) is 22.6. The molecule has 31 heavy (non-hydrogen) atoms. The summed E-state index contributed by atoms with van der Waals surface area (Å²) in [7, 11) is -0.791. The number of hydrogen-bond acceptors (Lipinski definition) is 4. The fourth-order valence-electron chi connectivity index (χ4n) is 3.21. The van der Waals surface area contributed by atoms with Crippen LogP contribution in [0.2, 0.25) is 0 Å². The molecule has 0 aliphatic heterocycles. The van der Waals surface area contributed by atoms with E-state index in [2.05, 4.69) is 5.32 Å². The molecule has 3 aromatic carbocycles. The number of anilines is 1. The van der Waals surface area contributed by atoms with Crippen molar-refractivity contribution >= 4 is 21.6 Å². The van der Waals surface area contributed by atoms with Gasteiger partial charge in [0.05, 0.1) is 17.7 Å². The maximum atomic E-state index is 13.1. The number of aryl methyl sites for hydroxylation is 2. The second-order valence-corrected chi connectivity index (χ2v) is 9.23. The van der Waals surface area contributed by atoms with Crippen LogP contribution in [0.3, 0.4) is 0 Å². The average molecular weight is 439 g/mol. The summed E-state index contributed by atoms with van der Waals surface area (Å²) in [5.41, 5.74) is 3.71. The number of nitrogens with one attached hydrogen (secondary N) is 1. The normalized spacial score (nSPS) is 11.1. The Kier molecular flexibility index (Phi) is 6.65. The van der Waals surface area contributed by atoms with Crippen molar-refractivity contribution in [2.24, 2.45) is 0 Å². The number of carbonyl (C=O) groups is 1. The van der Waals surface area contributed by atoms with Gasteiger partial charge in [-0.3, -0.25) is 9.10 Å². The minimum atomic E-state index is -3.80. The van der Waals surface area contributed by atoms with Crippen LogP contribution in [0.4, 0.5) is 5.69 Å². The fraction of sp³-hybridized carbons (Fsp3) is 0.208. The highest BCUT2D eigenvalue weighted by atomic mass is 32.2. The number of nitrogens with zero attached hydrogens (tertiary/aromatic N) is 1. The summed E-state index contributed by atoms with van der Waals surface area (Å²) in [5.74, 6) is 0.310. The second kappa shape index (κ2) is 9.22. The second-order valence-electron chi connectivity index (χ2n) is 7.26. The van der Waals surface area contributed by atoms with E-state index in [0.29, 0.717) is 23.5 Å². The first-order valence-corrected chi connectivity index (χ1v) is 11.2. The lowest BCUT2D eigenvalue weighted by Crippen LogP contribution is -2.28. The van der Waals surface area contributed by atoms with Gasteiger partial charge in [-0.15, -0.1) is 0 Å². The summed E-state index contributed by atoms with van der Waals surface area (Å²) in [6, 6.07) is 19.1. The van der Waals surface area contributed by atoms with Crippen LogP contribution in [0.25, 0.3) is 0 Å². The van der Waals surface area contributed by atoms with Crippen molar-refractivity contribution in [1.29, 1.82) is 0 Å². The van der Waals surface area contributed by atoms with E-state index in [4.69, 9.17) is 4.74 Å². The topological polar surface area (TPSA) is 75.7 Å². The summed E-state index contributed by atoms with van der Waals surface area (Å²) < 4.78 is 32.5. The number of methoxy groups -OCH3 is 1. The van der Waals surface area contributed by atoms with Gasteiger partial charge in [0, 0.05) is 19.2 Å². The number of sulfonamides is 1. The number of hydrogen-bond donors (Lipinski definition) is 1. The van der Waals surface area contributed by atoms with Crippen LogP contribution in [0.15, 0.2) is 71.6 Å². The van der Waals surface area contributed by atoms with E-state index in [9.17, 15) is 13.2 Å². The minimum absolute atomic E-state index is 0.143. The van der Waals surface area contributed by atoms with Crippen molar-refractivity contribution in [3.63, 3.8) is 0 Å². The molecule has 0 spiro atoms. The molecule has 0 saturated carbocycles. The highest BCUT2D eigenvalue weighted by molar-refractivity contribution is 7.92. The molecule has 0 atom stereocenters. The Morgan fingerprint density at radius 1 is 0.968 bits per heavy atom. The van der Waals surface area contributed by atoms with Gasteiger partial charge in [0.2, 0.25) is 0 Å². The molecule has 0 fully saturated rings. The molecule has 7 heteroatoms.